The summed E-state index contributed by atoms with van der Waals surface area (Å²) < 4.78 is 0. The molecule has 2 heterocycles. The molecule has 2 fully saturated rings. The number of hydrogen-bond acceptors (Lipinski definition) is 3. The standard InChI is InChI=1S/C20H25N3OS/c24-20(21-19-14-18(19)16-6-2-1-3-7-16)23-10-5-9-22(11-12-23)15-17-8-4-13-25-17/h1-4,6-8,13,18-19H,5,9-12,14-15H2,(H,21,24)/t18-,19+/m0/s1. The van der Waals surface area contributed by atoms with Gasteiger partial charge in [0.2, 0.25) is 0 Å². The fourth-order valence-corrected chi connectivity index (χ4v) is 4.37. The number of thiophene rings is 1. The molecule has 1 aliphatic carbocycles. The van der Waals surface area contributed by atoms with Gasteiger partial charge in [0.25, 0.3) is 0 Å². The summed E-state index contributed by atoms with van der Waals surface area (Å²) >= 11 is 1.81. The van der Waals surface area contributed by atoms with Gasteiger partial charge in [-0.25, -0.2) is 4.79 Å². The summed E-state index contributed by atoms with van der Waals surface area (Å²) in [4.78, 5) is 18.5. The lowest BCUT2D eigenvalue weighted by atomic mass is 10.1. The zero-order valence-corrected chi connectivity index (χ0v) is 15.3. The molecule has 1 N–H and O–H groups in total. The summed E-state index contributed by atoms with van der Waals surface area (Å²) in [6.45, 7) is 4.71. The first kappa shape index (κ1) is 16.6. The number of amides is 2. The summed E-state index contributed by atoms with van der Waals surface area (Å²) in [6.07, 6.45) is 2.11. The highest BCUT2D eigenvalue weighted by molar-refractivity contribution is 7.09. The second-order valence-electron chi connectivity index (χ2n) is 7.00. The Kier molecular flexibility index (Phi) is 5.04. The van der Waals surface area contributed by atoms with Crippen molar-refractivity contribution in [2.45, 2.75) is 31.3 Å². The SMILES string of the molecule is O=C(N[C@@H]1C[C@H]1c1ccccc1)N1CCCN(Cc2cccs2)CC1. The number of hydrogen-bond donors (Lipinski definition) is 1. The van der Waals surface area contributed by atoms with Crippen molar-refractivity contribution in [2.24, 2.45) is 0 Å². The molecule has 2 aromatic rings. The van der Waals surface area contributed by atoms with E-state index in [1.807, 2.05) is 22.3 Å². The highest BCUT2D eigenvalue weighted by Gasteiger charge is 2.40. The summed E-state index contributed by atoms with van der Waals surface area (Å²) in [5, 5.41) is 5.36. The quantitative estimate of drug-likeness (QED) is 0.911. The summed E-state index contributed by atoms with van der Waals surface area (Å²) in [5.74, 6) is 0.493. The number of urea groups is 1. The van der Waals surface area contributed by atoms with Crippen LogP contribution in [0, 0.1) is 0 Å². The van der Waals surface area contributed by atoms with Crippen molar-refractivity contribution in [3.8, 4) is 0 Å². The van der Waals surface area contributed by atoms with Crippen LogP contribution in [0.5, 0.6) is 0 Å². The maximum atomic E-state index is 12.6. The van der Waals surface area contributed by atoms with Gasteiger partial charge in [0, 0.05) is 49.6 Å². The molecule has 2 aliphatic rings. The molecule has 1 aliphatic heterocycles. The molecule has 1 aromatic carbocycles. The Balaban J connectivity index is 1.26. The number of nitrogens with one attached hydrogen (secondary N) is 1. The Morgan fingerprint density at radius 1 is 1.08 bits per heavy atom. The van der Waals surface area contributed by atoms with Crippen LogP contribution in [-0.2, 0) is 6.54 Å². The van der Waals surface area contributed by atoms with E-state index in [9.17, 15) is 4.79 Å². The summed E-state index contributed by atoms with van der Waals surface area (Å²) in [6, 6.07) is 15.2. The van der Waals surface area contributed by atoms with E-state index in [2.05, 4.69) is 52.0 Å². The smallest absolute Gasteiger partial charge is 0.317 e. The summed E-state index contributed by atoms with van der Waals surface area (Å²) in [7, 11) is 0. The zero-order valence-electron chi connectivity index (χ0n) is 14.4. The first-order valence-electron chi connectivity index (χ1n) is 9.15. The second-order valence-corrected chi connectivity index (χ2v) is 8.04. The lowest BCUT2D eigenvalue weighted by molar-refractivity contribution is 0.197. The van der Waals surface area contributed by atoms with Crippen molar-refractivity contribution in [1.82, 2.24) is 15.1 Å². The Labute approximate surface area is 153 Å². The highest BCUT2D eigenvalue weighted by Crippen LogP contribution is 2.40. The lowest BCUT2D eigenvalue weighted by Gasteiger charge is -2.22. The maximum Gasteiger partial charge on any atom is 0.317 e. The van der Waals surface area contributed by atoms with E-state index in [1.165, 1.54) is 10.4 Å². The molecule has 4 nitrogen and oxygen atoms in total. The molecule has 0 radical (unpaired) electrons. The Morgan fingerprint density at radius 2 is 1.96 bits per heavy atom. The second kappa shape index (κ2) is 7.58. The Bertz CT molecular complexity index is 688. The van der Waals surface area contributed by atoms with Crippen molar-refractivity contribution in [3.63, 3.8) is 0 Å². The van der Waals surface area contributed by atoms with Crippen LogP contribution in [0.3, 0.4) is 0 Å². The van der Waals surface area contributed by atoms with Crippen LogP contribution in [0.25, 0.3) is 0 Å². The number of benzene rings is 1. The monoisotopic (exact) mass is 355 g/mol. The number of rotatable bonds is 4. The third-order valence-electron chi connectivity index (χ3n) is 5.16. The van der Waals surface area contributed by atoms with Crippen molar-refractivity contribution in [1.29, 1.82) is 0 Å². The molecular formula is C20H25N3OS. The third kappa shape index (κ3) is 4.22. The molecule has 25 heavy (non-hydrogen) atoms. The molecule has 2 amide bonds. The van der Waals surface area contributed by atoms with E-state index >= 15 is 0 Å². The summed E-state index contributed by atoms with van der Waals surface area (Å²) in [5.41, 5.74) is 1.34. The molecule has 132 valence electrons. The minimum Gasteiger partial charge on any atom is -0.335 e. The molecule has 1 saturated carbocycles. The van der Waals surface area contributed by atoms with Crippen LogP contribution >= 0.6 is 11.3 Å². The largest absolute Gasteiger partial charge is 0.335 e. The van der Waals surface area contributed by atoms with E-state index in [1.54, 1.807) is 0 Å². The van der Waals surface area contributed by atoms with Crippen LogP contribution in [-0.4, -0.2) is 48.1 Å². The van der Waals surface area contributed by atoms with Gasteiger partial charge >= 0.3 is 6.03 Å². The first-order valence-corrected chi connectivity index (χ1v) is 10.0. The fourth-order valence-electron chi connectivity index (χ4n) is 3.63. The molecule has 0 bridgehead atoms. The van der Waals surface area contributed by atoms with Gasteiger partial charge in [-0.15, -0.1) is 11.3 Å². The molecule has 1 saturated heterocycles. The van der Waals surface area contributed by atoms with Gasteiger partial charge in [0.1, 0.15) is 0 Å². The van der Waals surface area contributed by atoms with Crippen LogP contribution < -0.4 is 5.32 Å². The van der Waals surface area contributed by atoms with Crippen molar-refractivity contribution < 1.29 is 4.79 Å². The van der Waals surface area contributed by atoms with Crippen LogP contribution in [0.15, 0.2) is 47.8 Å². The van der Waals surface area contributed by atoms with E-state index in [0.29, 0.717) is 12.0 Å². The van der Waals surface area contributed by atoms with E-state index in [-0.39, 0.29) is 6.03 Å². The van der Waals surface area contributed by atoms with Gasteiger partial charge in [-0.2, -0.15) is 0 Å². The highest BCUT2D eigenvalue weighted by atomic mass is 32.1. The lowest BCUT2D eigenvalue weighted by Crippen LogP contribution is -2.43. The van der Waals surface area contributed by atoms with Gasteiger partial charge in [-0.05, 0) is 29.9 Å². The van der Waals surface area contributed by atoms with Crippen molar-refractivity contribution in [2.75, 3.05) is 26.2 Å². The predicted octanol–water partition coefficient (Wildman–Crippen LogP) is 3.52. The average molecular weight is 356 g/mol. The third-order valence-corrected chi connectivity index (χ3v) is 6.02. The van der Waals surface area contributed by atoms with Crippen LogP contribution in [0.1, 0.15) is 29.2 Å². The number of carbonyl (C=O) groups is 1. The molecule has 0 unspecified atom stereocenters. The minimum absolute atomic E-state index is 0.112. The number of nitrogens with zero attached hydrogens (tertiary/aromatic N) is 2. The van der Waals surface area contributed by atoms with Gasteiger partial charge in [-0.1, -0.05) is 36.4 Å². The zero-order chi connectivity index (χ0) is 17.1. The van der Waals surface area contributed by atoms with E-state index in [0.717, 1.165) is 45.6 Å². The molecule has 5 heteroatoms. The normalized spacial score (nSPS) is 23.9. The van der Waals surface area contributed by atoms with Crippen molar-refractivity contribution >= 4 is 17.4 Å². The fraction of sp³-hybridized carbons (Fsp3) is 0.450. The maximum absolute atomic E-state index is 12.6. The van der Waals surface area contributed by atoms with E-state index < -0.39 is 0 Å². The minimum atomic E-state index is 0.112. The predicted molar refractivity (Wildman–Crippen MR) is 102 cm³/mol. The van der Waals surface area contributed by atoms with Gasteiger partial charge in [-0.3, -0.25) is 4.90 Å². The topological polar surface area (TPSA) is 35.6 Å². The molecule has 1 aromatic heterocycles. The van der Waals surface area contributed by atoms with Crippen molar-refractivity contribution in [3.05, 3.63) is 58.3 Å². The van der Waals surface area contributed by atoms with E-state index in [4.69, 9.17) is 0 Å². The van der Waals surface area contributed by atoms with Gasteiger partial charge in [0.15, 0.2) is 0 Å². The van der Waals surface area contributed by atoms with Crippen LogP contribution in [0.2, 0.25) is 0 Å². The Hall–Kier alpha value is -1.85. The molecule has 2 atom stereocenters. The van der Waals surface area contributed by atoms with Crippen LogP contribution in [0.4, 0.5) is 4.79 Å². The molecule has 4 rings (SSSR count). The molecule has 0 spiro atoms. The molecular weight excluding hydrogens is 330 g/mol. The average Bonchev–Trinajstić information content (AvgIpc) is 3.28. The van der Waals surface area contributed by atoms with Gasteiger partial charge in [0.05, 0.1) is 0 Å². The Morgan fingerprint density at radius 3 is 2.76 bits per heavy atom. The number of carbonyl (C=O) groups excluding carboxylic acids is 1. The van der Waals surface area contributed by atoms with Gasteiger partial charge < -0.3 is 10.2 Å². The first-order chi connectivity index (χ1) is 12.3.